The number of hydrogen-bond acceptors (Lipinski definition) is 5. The molecule has 0 radical (unpaired) electrons. The predicted octanol–water partition coefficient (Wildman–Crippen LogP) is 4.15. The summed E-state index contributed by atoms with van der Waals surface area (Å²) in [6, 6.07) is 14.9. The first kappa shape index (κ1) is 15.4. The molecular weight excluding hydrogens is 338 g/mol. The molecule has 0 unspecified atom stereocenters. The fourth-order valence-electron chi connectivity index (χ4n) is 2.48. The van der Waals surface area contributed by atoms with Crippen LogP contribution in [-0.2, 0) is 4.79 Å². The Labute approximate surface area is 146 Å². The lowest BCUT2D eigenvalue weighted by molar-refractivity contribution is -0.115. The van der Waals surface area contributed by atoms with Crippen LogP contribution < -0.4 is 0 Å². The van der Waals surface area contributed by atoms with E-state index in [0.717, 1.165) is 16.6 Å². The molecule has 25 heavy (non-hydrogen) atoms. The summed E-state index contributed by atoms with van der Waals surface area (Å²) in [6.07, 6.45) is 0. The summed E-state index contributed by atoms with van der Waals surface area (Å²) < 4.78 is 0. The summed E-state index contributed by atoms with van der Waals surface area (Å²) in [6.45, 7) is 0. The maximum absolute atomic E-state index is 12.0. The Kier molecular flexibility index (Phi) is 3.95. The predicted molar refractivity (Wildman–Crippen MR) is 96.3 cm³/mol. The number of fused-ring (bicyclic) bond motifs is 2. The summed E-state index contributed by atoms with van der Waals surface area (Å²) in [5.41, 5.74) is 2.77. The lowest BCUT2D eigenvalue weighted by Gasteiger charge is -1.93. The third-order valence-corrected chi connectivity index (χ3v) is 4.48. The molecule has 0 saturated heterocycles. The third-order valence-electron chi connectivity index (χ3n) is 3.62. The van der Waals surface area contributed by atoms with Crippen LogP contribution in [0.15, 0.2) is 63.9 Å². The van der Waals surface area contributed by atoms with Crippen molar-refractivity contribution in [1.82, 2.24) is 15.0 Å². The highest BCUT2D eigenvalue weighted by Crippen LogP contribution is 2.35. The lowest BCUT2D eigenvalue weighted by Crippen LogP contribution is -1.95. The van der Waals surface area contributed by atoms with Crippen LogP contribution in [0, 0.1) is 0 Å². The number of aromatic amines is 2. The molecule has 0 bridgehead atoms. The number of nitrogens with one attached hydrogen (secondary N) is 2. The van der Waals surface area contributed by atoms with Gasteiger partial charge in [0, 0.05) is 5.39 Å². The van der Waals surface area contributed by atoms with Gasteiger partial charge in [-0.15, -0.1) is 10.2 Å². The van der Waals surface area contributed by atoms with Crippen LogP contribution in [0.1, 0.15) is 0 Å². The summed E-state index contributed by atoms with van der Waals surface area (Å²) in [7, 11) is 0. The largest absolute Gasteiger partial charge is 0.493 e. The SMILES string of the molecule is O=C(CSc1nc2ccccc2[nH]1)N=Nc1c(O)[nH]c2ccccc12. The highest BCUT2D eigenvalue weighted by atomic mass is 32.2. The fraction of sp³-hybridized carbons (Fsp3) is 0.0588. The molecule has 0 fully saturated rings. The standard InChI is InChI=1S/C17H13N5O2S/c23-14(9-25-17-19-12-7-3-4-8-13(12)20-17)21-22-15-10-5-1-2-6-11(10)18-16(15)24/h1-8,18,24H,9H2,(H,19,20). The van der Waals surface area contributed by atoms with Gasteiger partial charge in [0.2, 0.25) is 5.88 Å². The van der Waals surface area contributed by atoms with Crippen LogP contribution in [0.4, 0.5) is 5.69 Å². The van der Waals surface area contributed by atoms with Crippen molar-refractivity contribution in [2.45, 2.75) is 5.16 Å². The quantitative estimate of drug-likeness (QED) is 0.379. The number of H-pyrrole nitrogens is 2. The summed E-state index contributed by atoms with van der Waals surface area (Å²) >= 11 is 1.26. The minimum Gasteiger partial charge on any atom is -0.493 e. The van der Waals surface area contributed by atoms with Crippen molar-refractivity contribution in [1.29, 1.82) is 0 Å². The van der Waals surface area contributed by atoms with Gasteiger partial charge >= 0.3 is 0 Å². The van der Waals surface area contributed by atoms with Crippen LogP contribution in [0.5, 0.6) is 5.88 Å². The molecule has 4 rings (SSSR count). The van der Waals surface area contributed by atoms with Crippen LogP contribution in [0.25, 0.3) is 21.9 Å². The molecule has 3 N–H and O–H groups in total. The molecule has 0 aliphatic rings. The number of benzene rings is 2. The van der Waals surface area contributed by atoms with Crippen molar-refractivity contribution in [3.8, 4) is 5.88 Å². The van der Waals surface area contributed by atoms with Crippen molar-refractivity contribution in [2.24, 2.45) is 10.2 Å². The second kappa shape index (κ2) is 6.40. The Balaban J connectivity index is 1.46. The highest BCUT2D eigenvalue weighted by molar-refractivity contribution is 7.99. The second-order valence-corrected chi connectivity index (χ2v) is 6.27. The Morgan fingerprint density at radius 1 is 1.08 bits per heavy atom. The highest BCUT2D eigenvalue weighted by Gasteiger charge is 2.11. The minimum atomic E-state index is -0.407. The van der Waals surface area contributed by atoms with E-state index in [0.29, 0.717) is 10.5 Å². The van der Waals surface area contributed by atoms with E-state index < -0.39 is 5.91 Å². The molecule has 2 heterocycles. The Hall–Kier alpha value is -3.13. The second-order valence-electron chi connectivity index (χ2n) is 5.31. The van der Waals surface area contributed by atoms with E-state index in [9.17, 15) is 9.90 Å². The van der Waals surface area contributed by atoms with Gasteiger partial charge in [-0.05, 0) is 18.2 Å². The smallest absolute Gasteiger partial charge is 0.275 e. The third kappa shape index (κ3) is 3.11. The van der Waals surface area contributed by atoms with E-state index in [2.05, 4.69) is 25.2 Å². The number of imidazole rings is 1. The van der Waals surface area contributed by atoms with Gasteiger partial charge in [0.05, 0.1) is 22.3 Å². The Morgan fingerprint density at radius 3 is 2.68 bits per heavy atom. The number of aromatic hydroxyl groups is 1. The molecule has 2 aromatic heterocycles. The van der Waals surface area contributed by atoms with E-state index >= 15 is 0 Å². The Morgan fingerprint density at radius 2 is 1.84 bits per heavy atom. The molecule has 7 nitrogen and oxygen atoms in total. The molecule has 124 valence electrons. The van der Waals surface area contributed by atoms with Crippen molar-refractivity contribution < 1.29 is 9.90 Å². The van der Waals surface area contributed by atoms with Crippen LogP contribution in [-0.4, -0.2) is 31.7 Å². The molecule has 8 heteroatoms. The Bertz CT molecular complexity index is 1070. The van der Waals surface area contributed by atoms with E-state index in [4.69, 9.17) is 0 Å². The number of carbonyl (C=O) groups excluding carboxylic acids is 1. The van der Waals surface area contributed by atoms with Crippen molar-refractivity contribution in [3.63, 3.8) is 0 Å². The zero-order valence-corrected chi connectivity index (χ0v) is 13.7. The van der Waals surface area contributed by atoms with Gasteiger partial charge < -0.3 is 15.1 Å². The molecular formula is C17H13N5O2S. The van der Waals surface area contributed by atoms with Gasteiger partial charge in [0.25, 0.3) is 5.91 Å². The summed E-state index contributed by atoms with van der Waals surface area (Å²) in [5, 5.41) is 18.8. The molecule has 2 aromatic carbocycles. The molecule has 0 atom stereocenters. The zero-order valence-electron chi connectivity index (χ0n) is 12.9. The maximum Gasteiger partial charge on any atom is 0.275 e. The van der Waals surface area contributed by atoms with E-state index in [1.54, 1.807) is 6.07 Å². The van der Waals surface area contributed by atoms with Gasteiger partial charge in [-0.2, -0.15) is 0 Å². The van der Waals surface area contributed by atoms with Gasteiger partial charge in [0.1, 0.15) is 0 Å². The number of para-hydroxylation sites is 3. The van der Waals surface area contributed by atoms with Gasteiger partial charge in [-0.25, -0.2) is 4.98 Å². The van der Waals surface area contributed by atoms with E-state index in [1.165, 1.54) is 11.8 Å². The molecule has 4 aromatic rings. The van der Waals surface area contributed by atoms with Gasteiger partial charge in [-0.3, -0.25) is 4.79 Å². The normalized spacial score (nSPS) is 11.7. The zero-order chi connectivity index (χ0) is 17.2. The van der Waals surface area contributed by atoms with Crippen molar-refractivity contribution >= 4 is 45.3 Å². The summed E-state index contributed by atoms with van der Waals surface area (Å²) in [4.78, 5) is 22.3. The minimum absolute atomic E-state index is 0.104. The first-order chi connectivity index (χ1) is 12.2. The number of aromatic nitrogens is 3. The number of amides is 1. The number of carbonyl (C=O) groups is 1. The van der Waals surface area contributed by atoms with Crippen LogP contribution >= 0.6 is 11.8 Å². The average Bonchev–Trinajstić information content (AvgIpc) is 3.18. The molecule has 0 saturated carbocycles. The first-order valence-electron chi connectivity index (χ1n) is 7.52. The molecule has 1 amide bonds. The summed E-state index contributed by atoms with van der Waals surface area (Å²) in [5.74, 6) is -0.412. The van der Waals surface area contributed by atoms with Crippen molar-refractivity contribution in [3.05, 3.63) is 48.5 Å². The number of nitrogens with zero attached hydrogens (tertiary/aromatic N) is 3. The van der Waals surface area contributed by atoms with E-state index in [1.807, 2.05) is 42.5 Å². The number of hydrogen-bond donors (Lipinski definition) is 3. The monoisotopic (exact) mass is 351 g/mol. The molecule has 0 spiro atoms. The number of azo groups is 1. The lowest BCUT2D eigenvalue weighted by atomic mass is 10.2. The van der Waals surface area contributed by atoms with E-state index in [-0.39, 0.29) is 17.3 Å². The van der Waals surface area contributed by atoms with Crippen LogP contribution in [0.3, 0.4) is 0 Å². The number of rotatable bonds is 4. The van der Waals surface area contributed by atoms with Gasteiger partial charge in [-0.1, -0.05) is 42.1 Å². The van der Waals surface area contributed by atoms with Gasteiger partial charge in [0.15, 0.2) is 10.8 Å². The molecule has 0 aliphatic heterocycles. The first-order valence-corrected chi connectivity index (χ1v) is 8.51. The van der Waals surface area contributed by atoms with Crippen LogP contribution in [0.2, 0.25) is 0 Å². The fourth-order valence-corrected chi connectivity index (χ4v) is 3.14. The van der Waals surface area contributed by atoms with Crippen molar-refractivity contribution in [2.75, 3.05) is 5.75 Å². The average molecular weight is 351 g/mol. The maximum atomic E-state index is 12.0. The number of thioether (sulfide) groups is 1. The topological polar surface area (TPSA) is 106 Å². The molecule has 0 aliphatic carbocycles.